The van der Waals surface area contributed by atoms with Crippen LogP contribution in [0.3, 0.4) is 0 Å². The van der Waals surface area contributed by atoms with E-state index in [4.69, 9.17) is 33.5 Å². The minimum absolute atomic E-state index is 0.0620. The van der Waals surface area contributed by atoms with Crippen molar-refractivity contribution in [1.82, 2.24) is 24.9 Å². The lowest BCUT2D eigenvalue weighted by atomic mass is 10.2. The first-order valence-electron chi connectivity index (χ1n) is 19.6. The molecule has 0 aromatic heterocycles. The molecule has 1 aromatic carbocycles. The monoisotopic (exact) mass is 809 g/mol. The normalized spacial score (nSPS) is 16.2. The lowest BCUT2D eigenvalue weighted by Gasteiger charge is -2.34. The standard InChI is InChI=1S/C40H67N5O12/c1-38(2,3)54-25-23-42-15-17-43(28-33(46)41-14-24-52-26-27-53-37(51)55-32-12-10-31(11-13-32)36(49)50)19-20-45(30-35(48)57-40(7,8)9)22-21-44(18-16-42)29-34(47)56-39(4,5)6/h10-13H,14-30H2,1-9H3,(H,41,46)(H,49,50). The Bertz CT molecular complexity index is 1410. The number of aromatic carboxylic acids is 1. The summed E-state index contributed by atoms with van der Waals surface area (Å²) in [4.78, 5) is 70.2. The van der Waals surface area contributed by atoms with Gasteiger partial charge in [0.2, 0.25) is 5.91 Å². The average Bonchev–Trinajstić information content (AvgIpc) is 3.06. The van der Waals surface area contributed by atoms with E-state index >= 15 is 0 Å². The van der Waals surface area contributed by atoms with Crippen LogP contribution in [0.25, 0.3) is 0 Å². The molecule has 1 aromatic rings. The molecule has 1 fully saturated rings. The highest BCUT2D eigenvalue weighted by Crippen LogP contribution is 2.14. The molecule has 1 amide bonds. The molecule has 1 heterocycles. The molecule has 0 atom stereocenters. The second kappa shape index (κ2) is 24.1. The zero-order valence-corrected chi connectivity index (χ0v) is 35.6. The third-order valence-electron chi connectivity index (χ3n) is 8.10. The van der Waals surface area contributed by atoms with E-state index in [2.05, 4.69) is 20.0 Å². The largest absolute Gasteiger partial charge is 0.513 e. The summed E-state index contributed by atoms with van der Waals surface area (Å²) in [5, 5.41) is 11.9. The van der Waals surface area contributed by atoms with E-state index in [1.807, 2.05) is 67.2 Å². The molecule has 0 spiro atoms. The van der Waals surface area contributed by atoms with Gasteiger partial charge < -0.3 is 38.8 Å². The van der Waals surface area contributed by atoms with Crippen LogP contribution in [0.2, 0.25) is 0 Å². The van der Waals surface area contributed by atoms with Gasteiger partial charge in [-0.25, -0.2) is 9.59 Å². The van der Waals surface area contributed by atoms with Crippen molar-refractivity contribution >= 4 is 30.0 Å². The quantitative estimate of drug-likeness (QED) is 0.101. The summed E-state index contributed by atoms with van der Waals surface area (Å²) >= 11 is 0. The summed E-state index contributed by atoms with van der Waals surface area (Å²) in [6.45, 7) is 23.4. The van der Waals surface area contributed by atoms with Crippen molar-refractivity contribution in [1.29, 1.82) is 0 Å². The first kappa shape index (κ1) is 49.3. The summed E-state index contributed by atoms with van der Waals surface area (Å²) in [6.07, 6.45) is -0.955. The van der Waals surface area contributed by atoms with Crippen LogP contribution >= 0.6 is 0 Å². The number of hydrogen-bond acceptors (Lipinski definition) is 15. The summed E-state index contributed by atoms with van der Waals surface area (Å²) in [5.74, 6) is -1.80. The molecule has 0 bridgehead atoms. The van der Waals surface area contributed by atoms with E-state index in [9.17, 15) is 24.0 Å². The fourth-order valence-electron chi connectivity index (χ4n) is 5.47. The van der Waals surface area contributed by atoms with Crippen molar-refractivity contribution in [2.24, 2.45) is 0 Å². The van der Waals surface area contributed by atoms with Gasteiger partial charge in [0.05, 0.1) is 50.6 Å². The molecular formula is C40H67N5O12. The van der Waals surface area contributed by atoms with E-state index in [0.29, 0.717) is 65.5 Å². The van der Waals surface area contributed by atoms with Crippen LogP contribution in [0.1, 0.15) is 72.7 Å². The van der Waals surface area contributed by atoms with Crippen LogP contribution in [-0.4, -0.2) is 183 Å². The van der Waals surface area contributed by atoms with Crippen LogP contribution in [0, 0.1) is 0 Å². The molecule has 17 heteroatoms. The zero-order valence-electron chi connectivity index (χ0n) is 35.6. The van der Waals surface area contributed by atoms with E-state index in [-0.39, 0.29) is 80.8 Å². The maximum Gasteiger partial charge on any atom is 0.513 e. The summed E-state index contributed by atoms with van der Waals surface area (Å²) < 4.78 is 32.8. The van der Waals surface area contributed by atoms with Gasteiger partial charge in [-0.3, -0.25) is 34.0 Å². The predicted octanol–water partition coefficient (Wildman–Crippen LogP) is 2.75. The van der Waals surface area contributed by atoms with Gasteiger partial charge in [0, 0.05) is 65.4 Å². The predicted molar refractivity (Wildman–Crippen MR) is 212 cm³/mol. The van der Waals surface area contributed by atoms with E-state index in [1.165, 1.54) is 24.3 Å². The van der Waals surface area contributed by atoms with Crippen molar-refractivity contribution in [3.63, 3.8) is 0 Å². The molecule has 1 aliphatic heterocycles. The first-order valence-corrected chi connectivity index (χ1v) is 19.6. The Morgan fingerprint density at radius 2 is 1.09 bits per heavy atom. The third kappa shape index (κ3) is 24.5. The minimum Gasteiger partial charge on any atom is -0.478 e. The number of carboxylic acids is 1. The number of nitrogens with one attached hydrogen (secondary N) is 1. The van der Waals surface area contributed by atoms with E-state index < -0.39 is 23.3 Å². The number of hydrogen-bond donors (Lipinski definition) is 2. The number of carbonyl (C=O) groups is 5. The van der Waals surface area contributed by atoms with Gasteiger partial charge in [-0.15, -0.1) is 0 Å². The van der Waals surface area contributed by atoms with Gasteiger partial charge in [-0.05, 0) is 86.6 Å². The SMILES string of the molecule is CC(C)(C)OCCN1CCN(CC(=O)NCCOCCOC(=O)Oc2ccc(C(=O)O)cc2)CCN(CC(=O)OC(C)(C)C)CCN(CC(=O)OC(C)(C)C)CC1. The Morgan fingerprint density at radius 3 is 1.54 bits per heavy atom. The lowest BCUT2D eigenvalue weighted by molar-refractivity contribution is -0.158. The Balaban J connectivity index is 1.99. The number of carbonyl (C=O) groups excluding carboxylic acids is 4. The molecule has 1 saturated heterocycles. The van der Waals surface area contributed by atoms with E-state index in [0.717, 1.165) is 0 Å². The highest BCUT2D eigenvalue weighted by molar-refractivity contribution is 5.87. The van der Waals surface area contributed by atoms with Crippen molar-refractivity contribution in [3.8, 4) is 5.75 Å². The minimum atomic E-state index is -1.09. The highest BCUT2D eigenvalue weighted by Gasteiger charge is 2.25. The van der Waals surface area contributed by atoms with E-state index in [1.54, 1.807) is 0 Å². The molecule has 57 heavy (non-hydrogen) atoms. The molecule has 2 N–H and O–H groups in total. The Labute approximate surface area is 338 Å². The third-order valence-corrected chi connectivity index (χ3v) is 8.10. The number of nitrogens with zero attached hydrogens (tertiary/aromatic N) is 4. The van der Waals surface area contributed by atoms with Gasteiger partial charge in [0.15, 0.2) is 0 Å². The highest BCUT2D eigenvalue weighted by atomic mass is 16.7. The molecule has 1 aliphatic rings. The summed E-state index contributed by atoms with van der Waals surface area (Å²) in [5.41, 5.74) is -1.48. The van der Waals surface area contributed by atoms with Gasteiger partial charge in [-0.2, -0.15) is 0 Å². The smallest absolute Gasteiger partial charge is 0.478 e. The fraction of sp³-hybridized carbons (Fsp3) is 0.725. The molecule has 0 aliphatic carbocycles. The maximum atomic E-state index is 13.1. The molecule has 0 radical (unpaired) electrons. The number of esters is 2. The number of ether oxygens (including phenoxy) is 6. The number of amides is 1. The van der Waals surface area contributed by atoms with Crippen LogP contribution in [-0.2, 0) is 38.1 Å². The second-order valence-electron chi connectivity index (χ2n) is 16.8. The number of benzene rings is 1. The summed E-state index contributed by atoms with van der Waals surface area (Å²) in [7, 11) is 0. The van der Waals surface area contributed by atoms with Crippen molar-refractivity contribution in [2.45, 2.75) is 79.1 Å². The molecule has 0 unspecified atom stereocenters. The average molecular weight is 810 g/mol. The van der Waals surface area contributed by atoms with Gasteiger partial charge in [0.25, 0.3) is 0 Å². The first-order chi connectivity index (χ1) is 26.6. The number of carboxylic acid groups (broad SMARTS) is 1. The van der Waals surface area contributed by atoms with Crippen LogP contribution in [0.5, 0.6) is 5.75 Å². The van der Waals surface area contributed by atoms with Crippen molar-refractivity contribution in [3.05, 3.63) is 29.8 Å². The van der Waals surface area contributed by atoms with Crippen LogP contribution < -0.4 is 10.1 Å². The van der Waals surface area contributed by atoms with Gasteiger partial charge in [-0.1, -0.05) is 0 Å². The topological polar surface area (TPSA) is 186 Å². The van der Waals surface area contributed by atoms with Gasteiger partial charge in [0.1, 0.15) is 23.6 Å². The van der Waals surface area contributed by atoms with Gasteiger partial charge >= 0.3 is 24.1 Å². The molecule has 2 rings (SSSR count). The fourth-order valence-corrected chi connectivity index (χ4v) is 5.47. The molecule has 17 nitrogen and oxygen atoms in total. The molecule has 324 valence electrons. The molecule has 0 saturated carbocycles. The zero-order chi connectivity index (χ0) is 42.6. The van der Waals surface area contributed by atoms with Crippen molar-refractivity contribution in [2.75, 3.05) is 112 Å². The molecular weight excluding hydrogens is 742 g/mol. The van der Waals surface area contributed by atoms with Crippen LogP contribution in [0.4, 0.5) is 4.79 Å². The second-order valence-corrected chi connectivity index (χ2v) is 16.8. The number of rotatable bonds is 17. The Hall–Kier alpha value is -3.87. The lowest BCUT2D eigenvalue weighted by Crippen LogP contribution is -2.50. The Kier molecular flexibility index (Phi) is 20.9. The van der Waals surface area contributed by atoms with Crippen molar-refractivity contribution < 1.29 is 57.5 Å². The maximum absolute atomic E-state index is 13.1. The Morgan fingerprint density at radius 1 is 0.614 bits per heavy atom. The summed E-state index contributed by atoms with van der Waals surface area (Å²) in [6, 6.07) is 5.33. The van der Waals surface area contributed by atoms with Crippen LogP contribution in [0.15, 0.2) is 24.3 Å².